The molecule has 0 spiro atoms. The van der Waals surface area contributed by atoms with E-state index in [0.29, 0.717) is 18.3 Å². The Hall–Kier alpha value is -3.02. The van der Waals surface area contributed by atoms with E-state index in [9.17, 15) is 0 Å². The smallest absolute Gasteiger partial charge is 0.249 e. The number of benzene rings is 1. The average Bonchev–Trinajstić information content (AvgIpc) is 2.53. The van der Waals surface area contributed by atoms with E-state index in [1.54, 1.807) is 12.4 Å². The van der Waals surface area contributed by atoms with Gasteiger partial charge >= 0.3 is 0 Å². The van der Waals surface area contributed by atoms with Gasteiger partial charge in [-0.2, -0.15) is 10.1 Å². The van der Waals surface area contributed by atoms with Gasteiger partial charge in [-0.3, -0.25) is 4.98 Å². The van der Waals surface area contributed by atoms with Crippen LogP contribution >= 0.6 is 0 Å². The number of rotatable bonds is 5. The minimum absolute atomic E-state index is 0.464. The van der Waals surface area contributed by atoms with Crippen molar-refractivity contribution >= 4 is 17.5 Å². The van der Waals surface area contributed by atoms with Gasteiger partial charge in [-0.1, -0.05) is 12.1 Å². The van der Waals surface area contributed by atoms with E-state index < -0.39 is 0 Å². The Morgan fingerprint density at radius 1 is 1.04 bits per heavy atom. The number of aromatic nitrogens is 4. The molecule has 0 aliphatic heterocycles. The van der Waals surface area contributed by atoms with Crippen molar-refractivity contribution in [3.8, 4) is 0 Å². The molecule has 0 bridgehead atoms. The fraction of sp³-hybridized carbons (Fsp3) is 0.176. The van der Waals surface area contributed by atoms with Crippen LogP contribution in [0.3, 0.4) is 0 Å². The van der Waals surface area contributed by atoms with E-state index in [2.05, 4.69) is 50.7 Å². The highest BCUT2D eigenvalue weighted by Crippen LogP contribution is 2.17. The summed E-state index contributed by atoms with van der Waals surface area (Å²) in [6.45, 7) is 4.75. The molecule has 23 heavy (non-hydrogen) atoms. The topological polar surface area (TPSA) is 75.6 Å². The summed E-state index contributed by atoms with van der Waals surface area (Å²) < 4.78 is 0. The lowest BCUT2D eigenvalue weighted by Gasteiger charge is -2.09. The molecular weight excluding hydrogens is 288 g/mol. The van der Waals surface area contributed by atoms with E-state index in [0.717, 1.165) is 11.3 Å². The maximum Gasteiger partial charge on any atom is 0.249 e. The van der Waals surface area contributed by atoms with Crippen LogP contribution in [-0.4, -0.2) is 20.2 Å². The lowest BCUT2D eigenvalue weighted by Crippen LogP contribution is -2.06. The molecule has 2 N–H and O–H groups in total. The number of hydrogen-bond acceptors (Lipinski definition) is 6. The van der Waals surface area contributed by atoms with E-state index in [1.165, 1.54) is 11.1 Å². The molecule has 0 radical (unpaired) electrons. The van der Waals surface area contributed by atoms with Crippen LogP contribution in [0.4, 0.5) is 17.5 Å². The van der Waals surface area contributed by atoms with Gasteiger partial charge in [0.25, 0.3) is 0 Å². The summed E-state index contributed by atoms with van der Waals surface area (Å²) in [5.41, 5.74) is 4.40. The molecule has 0 saturated heterocycles. The molecule has 116 valence electrons. The first-order valence-electron chi connectivity index (χ1n) is 7.37. The fourth-order valence-corrected chi connectivity index (χ4v) is 2.31. The molecule has 2 heterocycles. The molecule has 0 unspecified atom stereocenters. The molecule has 0 fully saturated rings. The van der Waals surface area contributed by atoms with Crippen molar-refractivity contribution in [1.82, 2.24) is 20.2 Å². The first kappa shape index (κ1) is 14.9. The lowest BCUT2D eigenvalue weighted by atomic mass is 10.1. The quantitative estimate of drug-likeness (QED) is 0.753. The highest BCUT2D eigenvalue weighted by molar-refractivity contribution is 5.56. The van der Waals surface area contributed by atoms with Gasteiger partial charge in [0.1, 0.15) is 0 Å². The number of hydrogen-bond donors (Lipinski definition) is 2. The van der Waals surface area contributed by atoms with Gasteiger partial charge in [-0.25, -0.2) is 0 Å². The van der Waals surface area contributed by atoms with Crippen LogP contribution in [0, 0.1) is 13.8 Å². The van der Waals surface area contributed by atoms with Crippen LogP contribution in [0.2, 0.25) is 0 Å². The van der Waals surface area contributed by atoms with Crippen molar-refractivity contribution < 1.29 is 0 Å². The number of anilines is 3. The summed E-state index contributed by atoms with van der Waals surface area (Å²) in [5.74, 6) is 1.13. The summed E-state index contributed by atoms with van der Waals surface area (Å²) >= 11 is 0. The van der Waals surface area contributed by atoms with E-state index >= 15 is 0 Å². The molecule has 3 aromatic rings. The Balaban J connectivity index is 1.69. The monoisotopic (exact) mass is 306 g/mol. The second-order valence-electron chi connectivity index (χ2n) is 5.38. The second-order valence-corrected chi connectivity index (χ2v) is 5.38. The van der Waals surface area contributed by atoms with Crippen LogP contribution in [0.1, 0.15) is 16.7 Å². The van der Waals surface area contributed by atoms with Gasteiger partial charge in [0.05, 0.1) is 6.20 Å². The predicted molar refractivity (Wildman–Crippen MR) is 90.6 cm³/mol. The lowest BCUT2D eigenvalue weighted by molar-refractivity contribution is 0.964. The standard InChI is InChI=1S/C17H18N6/c1-12-6-13(2)8-15(7-12)21-17-22-16(11-20-23-17)19-10-14-4-3-5-18-9-14/h3-9,11H,10H2,1-2H3,(H2,19,21,22,23). The van der Waals surface area contributed by atoms with Crippen LogP contribution in [0.5, 0.6) is 0 Å². The third-order valence-electron chi connectivity index (χ3n) is 3.23. The summed E-state index contributed by atoms with van der Waals surface area (Å²) in [6, 6.07) is 10.1. The molecule has 3 rings (SSSR count). The average molecular weight is 306 g/mol. The molecule has 6 nitrogen and oxygen atoms in total. The Bertz CT molecular complexity index is 768. The van der Waals surface area contributed by atoms with Gasteiger partial charge in [0, 0.05) is 24.6 Å². The molecule has 2 aromatic heterocycles. The van der Waals surface area contributed by atoms with Crippen molar-refractivity contribution in [1.29, 1.82) is 0 Å². The number of nitrogens with zero attached hydrogens (tertiary/aromatic N) is 4. The molecule has 6 heteroatoms. The zero-order valence-electron chi connectivity index (χ0n) is 13.1. The minimum atomic E-state index is 0.464. The maximum atomic E-state index is 4.43. The molecule has 0 saturated carbocycles. The summed E-state index contributed by atoms with van der Waals surface area (Å²) in [4.78, 5) is 8.51. The Kier molecular flexibility index (Phi) is 4.42. The van der Waals surface area contributed by atoms with Crippen LogP contribution < -0.4 is 10.6 Å². The minimum Gasteiger partial charge on any atom is -0.364 e. The molecule has 0 amide bonds. The molecule has 0 aliphatic carbocycles. The van der Waals surface area contributed by atoms with E-state index in [4.69, 9.17) is 0 Å². The van der Waals surface area contributed by atoms with Crippen LogP contribution in [-0.2, 0) is 6.54 Å². The van der Waals surface area contributed by atoms with Crippen molar-refractivity contribution in [2.24, 2.45) is 0 Å². The summed E-state index contributed by atoms with van der Waals surface area (Å²) in [6.07, 6.45) is 5.17. The largest absolute Gasteiger partial charge is 0.364 e. The van der Waals surface area contributed by atoms with Crippen molar-refractivity contribution in [2.75, 3.05) is 10.6 Å². The summed E-state index contributed by atoms with van der Waals surface area (Å²) in [5, 5.41) is 14.4. The maximum absolute atomic E-state index is 4.43. The normalized spacial score (nSPS) is 10.3. The van der Waals surface area contributed by atoms with Crippen LogP contribution in [0.15, 0.2) is 48.9 Å². The third-order valence-corrected chi connectivity index (χ3v) is 3.23. The Morgan fingerprint density at radius 3 is 2.61 bits per heavy atom. The van der Waals surface area contributed by atoms with Gasteiger partial charge in [-0.05, 0) is 48.7 Å². The fourth-order valence-electron chi connectivity index (χ4n) is 2.31. The Labute approximate surface area is 135 Å². The zero-order chi connectivity index (χ0) is 16.1. The van der Waals surface area contributed by atoms with Crippen molar-refractivity contribution in [3.63, 3.8) is 0 Å². The Morgan fingerprint density at radius 2 is 1.87 bits per heavy atom. The van der Waals surface area contributed by atoms with Crippen molar-refractivity contribution in [2.45, 2.75) is 20.4 Å². The first-order chi connectivity index (χ1) is 11.2. The van der Waals surface area contributed by atoms with E-state index in [-0.39, 0.29) is 0 Å². The van der Waals surface area contributed by atoms with E-state index in [1.807, 2.05) is 30.5 Å². The third kappa shape index (κ3) is 4.23. The number of pyridine rings is 1. The second kappa shape index (κ2) is 6.83. The zero-order valence-corrected chi connectivity index (χ0v) is 13.1. The molecular formula is C17H18N6. The van der Waals surface area contributed by atoms with Gasteiger partial charge in [0.15, 0.2) is 5.82 Å². The predicted octanol–water partition coefficient (Wildman–Crippen LogP) is 3.24. The van der Waals surface area contributed by atoms with Gasteiger partial charge in [0.2, 0.25) is 5.95 Å². The molecule has 0 atom stereocenters. The first-order valence-corrected chi connectivity index (χ1v) is 7.37. The summed E-state index contributed by atoms with van der Waals surface area (Å²) in [7, 11) is 0. The molecule has 0 aliphatic rings. The van der Waals surface area contributed by atoms with Crippen LogP contribution in [0.25, 0.3) is 0 Å². The van der Waals surface area contributed by atoms with Gasteiger partial charge < -0.3 is 10.6 Å². The van der Waals surface area contributed by atoms with Crippen molar-refractivity contribution in [3.05, 3.63) is 65.6 Å². The number of nitrogens with one attached hydrogen (secondary N) is 2. The highest BCUT2D eigenvalue weighted by atomic mass is 15.3. The molecule has 1 aromatic carbocycles. The van der Waals surface area contributed by atoms with Gasteiger partial charge in [-0.15, -0.1) is 5.10 Å². The highest BCUT2D eigenvalue weighted by Gasteiger charge is 2.03. The number of aryl methyl sites for hydroxylation is 2. The SMILES string of the molecule is Cc1cc(C)cc(Nc2nncc(NCc3cccnc3)n2)c1.